The summed E-state index contributed by atoms with van der Waals surface area (Å²) < 4.78 is 5.87. The Morgan fingerprint density at radius 3 is 2.21 bits per heavy atom. The fourth-order valence-corrected chi connectivity index (χ4v) is 6.33. The molecule has 1 heterocycles. The highest BCUT2D eigenvalue weighted by atomic mass is 16.6. The second kappa shape index (κ2) is 11.0. The van der Waals surface area contributed by atoms with Crippen LogP contribution in [0.4, 0.5) is 10.5 Å². The Balaban J connectivity index is 1.10. The Labute approximate surface area is 224 Å². The molecule has 6 heteroatoms. The van der Waals surface area contributed by atoms with E-state index in [0.29, 0.717) is 25.6 Å². The fraction of sp³-hybridized carbons (Fsp3) is 0.375. The molecule has 6 nitrogen and oxygen atoms in total. The fourth-order valence-electron chi connectivity index (χ4n) is 6.33. The van der Waals surface area contributed by atoms with Crippen LogP contribution in [0.25, 0.3) is 11.1 Å². The maximum Gasteiger partial charge on any atom is 0.410 e. The minimum absolute atomic E-state index is 0.00998. The SMILES string of the molecule is O=C(Nc1ccc(C2CCCCC2)cc1)C1CNCCN1C(=O)OCC1c2ccccc2-c2ccccc21. The van der Waals surface area contributed by atoms with Crippen molar-refractivity contribution >= 4 is 17.7 Å². The zero-order valence-electron chi connectivity index (χ0n) is 21.7. The van der Waals surface area contributed by atoms with Crippen molar-refractivity contribution in [2.45, 2.75) is 50.0 Å². The minimum Gasteiger partial charge on any atom is -0.448 e. The van der Waals surface area contributed by atoms with E-state index in [1.807, 2.05) is 36.4 Å². The van der Waals surface area contributed by atoms with Crippen LogP contribution in [-0.4, -0.2) is 49.2 Å². The van der Waals surface area contributed by atoms with Crippen LogP contribution in [0.1, 0.15) is 60.6 Å². The smallest absolute Gasteiger partial charge is 0.410 e. The van der Waals surface area contributed by atoms with Gasteiger partial charge in [-0.05, 0) is 58.7 Å². The second-order valence-electron chi connectivity index (χ2n) is 10.7. The van der Waals surface area contributed by atoms with Gasteiger partial charge in [-0.3, -0.25) is 9.69 Å². The molecule has 2 fully saturated rings. The van der Waals surface area contributed by atoms with Crippen LogP contribution in [0.3, 0.4) is 0 Å². The lowest BCUT2D eigenvalue weighted by Crippen LogP contribution is -2.58. The molecule has 1 atom stereocenters. The van der Waals surface area contributed by atoms with E-state index in [1.165, 1.54) is 59.9 Å². The molecule has 1 aliphatic heterocycles. The van der Waals surface area contributed by atoms with E-state index in [1.54, 1.807) is 4.90 Å². The van der Waals surface area contributed by atoms with Crippen LogP contribution >= 0.6 is 0 Å². The number of ether oxygens (including phenoxy) is 1. The third-order valence-electron chi connectivity index (χ3n) is 8.37. The van der Waals surface area contributed by atoms with Crippen LogP contribution in [0.5, 0.6) is 0 Å². The Bertz CT molecular complexity index is 1250. The van der Waals surface area contributed by atoms with Crippen LogP contribution in [0.2, 0.25) is 0 Å². The zero-order chi connectivity index (χ0) is 25.9. The predicted molar refractivity (Wildman–Crippen MR) is 149 cm³/mol. The maximum atomic E-state index is 13.3. The van der Waals surface area contributed by atoms with Crippen LogP contribution in [0, 0.1) is 0 Å². The Hall–Kier alpha value is -3.64. The van der Waals surface area contributed by atoms with E-state index in [9.17, 15) is 9.59 Å². The number of hydrogen-bond donors (Lipinski definition) is 2. The highest BCUT2D eigenvalue weighted by Crippen LogP contribution is 2.44. The molecule has 1 saturated carbocycles. The summed E-state index contributed by atoms with van der Waals surface area (Å²) in [6.07, 6.45) is 5.97. The van der Waals surface area contributed by atoms with Crippen LogP contribution in [0.15, 0.2) is 72.8 Å². The van der Waals surface area contributed by atoms with Crippen LogP contribution in [-0.2, 0) is 9.53 Å². The first kappa shape index (κ1) is 24.7. The van der Waals surface area contributed by atoms with Gasteiger partial charge in [-0.1, -0.05) is 79.9 Å². The van der Waals surface area contributed by atoms with E-state index >= 15 is 0 Å². The second-order valence-corrected chi connectivity index (χ2v) is 10.7. The van der Waals surface area contributed by atoms with E-state index in [2.05, 4.69) is 47.0 Å². The molecule has 0 spiro atoms. The molecular formula is C32H35N3O3. The normalized spacial score (nSPS) is 19.5. The van der Waals surface area contributed by atoms with Gasteiger partial charge >= 0.3 is 6.09 Å². The van der Waals surface area contributed by atoms with Gasteiger partial charge in [0.2, 0.25) is 5.91 Å². The summed E-state index contributed by atoms with van der Waals surface area (Å²) in [5.74, 6) is 0.417. The number of carbonyl (C=O) groups excluding carboxylic acids is 2. The predicted octanol–water partition coefficient (Wildman–Crippen LogP) is 5.90. The molecule has 2 aliphatic carbocycles. The van der Waals surface area contributed by atoms with Gasteiger partial charge in [0.15, 0.2) is 0 Å². The summed E-state index contributed by atoms with van der Waals surface area (Å²) in [6, 6.07) is 24.2. The third-order valence-corrected chi connectivity index (χ3v) is 8.37. The molecule has 1 saturated heterocycles. The van der Waals surface area contributed by atoms with Crippen molar-refractivity contribution in [1.82, 2.24) is 10.2 Å². The van der Waals surface area contributed by atoms with Gasteiger partial charge in [-0.25, -0.2) is 4.79 Å². The molecule has 0 bridgehead atoms. The monoisotopic (exact) mass is 509 g/mol. The summed E-state index contributed by atoms with van der Waals surface area (Å²) in [7, 11) is 0. The average Bonchev–Trinajstić information content (AvgIpc) is 3.30. The Morgan fingerprint density at radius 1 is 0.868 bits per heavy atom. The number of nitrogens with zero attached hydrogens (tertiary/aromatic N) is 1. The lowest BCUT2D eigenvalue weighted by Gasteiger charge is -2.34. The van der Waals surface area contributed by atoms with Gasteiger partial charge in [0.05, 0.1) is 0 Å². The first-order valence-electron chi connectivity index (χ1n) is 13.9. The number of fused-ring (bicyclic) bond motifs is 3. The lowest BCUT2D eigenvalue weighted by molar-refractivity contribution is -0.121. The number of anilines is 1. The van der Waals surface area contributed by atoms with Crippen LogP contribution < -0.4 is 10.6 Å². The number of rotatable bonds is 5. The lowest BCUT2D eigenvalue weighted by atomic mass is 9.84. The third kappa shape index (κ3) is 4.93. The topological polar surface area (TPSA) is 70.7 Å². The number of benzene rings is 3. The summed E-state index contributed by atoms with van der Waals surface area (Å²) in [4.78, 5) is 28.1. The van der Waals surface area contributed by atoms with Gasteiger partial charge in [0, 0.05) is 31.2 Å². The van der Waals surface area contributed by atoms with E-state index in [-0.39, 0.29) is 18.4 Å². The van der Waals surface area contributed by atoms with Gasteiger partial charge in [-0.15, -0.1) is 0 Å². The van der Waals surface area contributed by atoms with Gasteiger partial charge < -0.3 is 15.4 Å². The first-order chi connectivity index (χ1) is 18.7. The van der Waals surface area contributed by atoms with Gasteiger partial charge in [0.1, 0.15) is 12.6 Å². The molecule has 0 radical (unpaired) electrons. The van der Waals surface area contributed by atoms with Gasteiger partial charge in [0.25, 0.3) is 0 Å². The van der Waals surface area contributed by atoms with Crippen molar-refractivity contribution in [3.05, 3.63) is 89.5 Å². The molecule has 3 aliphatic rings. The quantitative estimate of drug-likeness (QED) is 0.450. The highest BCUT2D eigenvalue weighted by molar-refractivity contribution is 5.97. The number of amides is 2. The summed E-state index contributed by atoms with van der Waals surface area (Å²) in [6.45, 7) is 1.70. The molecule has 1 unspecified atom stereocenters. The Morgan fingerprint density at radius 2 is 1.53 bits per heavy atom. The summed E-state index contributed by atoms with van der Waals surface area (Å²) >= 11 is 0. The molecule has 2 N–H and O–H groups in total. The molecular weight excluding hydrogens is 474 g/mol. The van der Waals surface area contributed by atoms with Crippen molar-refractivity contribution in [3.8, 4) is 11.1 Å². The summed E-state index contributed by atoms with van der Waals surface area (Å²) in [5, 5.41) is 6.27. The molecule has 3 aromatic carbocycles. The van der Waals surface area contributed by atoms with Crippen molar-refractivity contribution in [2.75, 3.05) is 31.6 Å². The van der Waals surface area contributed by atoms with E-state index in [4.69, 9.17) is 4.74 Å². The molecule has 0 aromatic heterocycles. The summed E-state index contributed by atoms with van der Waals surface area (Å²) in [5.41, 5.74) is 6.84. The molecule has 196 valence electrons. The number of carbonyl (C=O) groups is 2. The number of hydrogen-bond acceptors (Lipinski definition) is 4. The van der Waals surface area contributed by atoms with Crippen molar-refractivity contribution < 1.29 is 14.3 Å². The van der Waals surface area contributed by atoms with Crippen molar-refractivity contribution in [2.24, 2.45) is 0 Å². The maximum absolute atomic E-state index is 13.3. The van der Waals surface area contributed by atoms with E-state index < -0.39 is 12.1 Å². The molecule has 38 heavy (non-hydrogen) atoms. The molecule has 3 aromatic rings. The number of piperazine rings is 1. The highest BCUT2D eigenvalue weighted by Gasteiger charge is 2.35. The first-order valence-corrected chi connectivity index (χ1v) is 13.9. The van der Waals surface area contributed by atoms with Gasteiger partial charge in [-0.2, -0.15) is 0 Å². The zero-order valence-corrected chi connectivity index (χ0v) is 21.7. The van der Waals surface area contributed by atoms with E-state index in [0.717, 1.165) is 5.69 Å². The molecule has 6 rings (SSSR count). The Kier molecular flexibility index (Phi) is 7.14. The minimum atomic E-state index is -0.627. The van der Waals surface area contributed by atoms with Crippen molar-refractivity contribution in [1.29, 1.82) is 0 Å². The average molecular weight is 510 g/mol. The largest absolute Gasteiger partial charge is 0.448 e. The standard InChI is InChI=1S/C32H35N3O3/c36-31(34-24-16-14-23(15-17-24)22-8-2-1-3-9-22)30-20-33-18-19-35(30)32(37)38-21-29-27-12-6-4-10-25(27)26-11-5-7-13-28(26)29/h4-7,10-17,22,29-30,33H,1-3,8-9,18-21H2,(H,34,36). The van der Waals surface area contributed by atoms with Crippen molar-refractivity contribution in [3.63, 3.8) is 0 Å². The molecule has 2 amide bonds. The number of nitrogens with one attached hydrogen (secondary N) is 2.